The smallest absolute Gasteiger partial charge is 0.303 e. The number of carboxylic acids is 2. The van der Waals surface area contributed by atoms with E-state index in [1.165, 1.54) is 0 Å². The predicted molar refractivity (Wildman–Crippen MR) is 175 cm³/mol. The number of H-pyrrole nitrogens is 3. The van der Waals surface area contributed by atoms with Gasteiger partial charge in [-0.2, -0.15) is 25.3 Å². The highest BCUT2D eigenvalue weighted by molar-refractivity contribution is 7.80. The molecule has 0 fully saturated rings. The molecule has 3 aromatic heterocycles. The Morgan fingerprint density at radius 3 is 2.02 bits per heavy atom. The third kappa shape index (κ3) is 6.93. The van der Waals surface area contributed by atoms with Crippen molar-refractivity contribution >= 4 is 61.5 Å². The lowest BCUT2D eigenvalue weighted by Gasteiger charge is -2.09. The fourth-order valence-electron chi connectivity index (χ4n) is 5.73. The third-order valence-electron chi connectivity index (χ3n) is 7.86. The molecule has 3 aromatic rings. The molecule has 8 nitrogen and oxygen atoms in total. The minimum atomic E-state index is -0.862. The number of nitrogens with one attached hydrogen (secondary N) is 4. The standard InChI is InChI=1S/C32H40N4O4S2/c1-16-22(9-10-30(39)40)26-13-21(7-6-8-29(37)38)33-12-11-23-17(2)31(19(4)41)27(34-23)15-25-18(3)32(20(5)42)28(36-25)14-24(16)35-26/h11-15,19-20,33-36,41-42H,6-10H2,1-5H3,(H,37,38)(H,39,40)/b12-11-,21-13-,25-15-,28-14-/t19-,20-/m0/s1. The van der Waals surface area contributed by atoms with Crippen molar-refractivity contribution in [1.82, 2.24) is 20.3 Å². The summed E-state index contributed by atoms with van der Waals surface area (Å²) in [7, 11) is 0. The summed E-state index contributed by atoms with van der Waals surface area (Å²) in [5, 5.41) is 23.9. The second-order valence-electron chi connectivity index (χ2n) is 11.0. The average Bonchev–Trinajstić information content (AvgIpc) is 3.47. The van der Waals surface area contributed by atoms with Crippen LogP contribution in [0.3, 0.4) is 0 Å². The number of carboxylic acid groups (broad SMARTS) is 2. The monoisotopic (exact) mass is 608 g/mol. The van der Waals surface area contributed by atoms with Crippen LogP contribution in [0, 0.1) is 20.8 Å². The zero-order valence-electron chi connectivity index (χ0n) is 24.7. The van der Waals surface area contributed by atoms with Crippen LogP contribution in [0.2, 0.25) is 0 Å². The van der Waals surface area contributed by atoms with Gasteiger partial charge >= 0.3 is 11.9 Å². The molecule has 1 aliphatic heterocycles. The largest absolute Gasteiger partial charge is 0.481 e. The normalized spacial score (nSPS) is 18.0. The van der Waals surface area contributed by atoms with E-state index in [1.54, 1.807) is 0 Å². The molecule has 224 valence electrons. The van der Waals surface area contributed by atoms with Crippen LogP contribution in [-0.4, -0.2) is 37.1 Å². The number of carbonyl (C=O) groups is 2. The second-order valence-corrected chi connectivity index (χ2v) is 12.5. The zero-order chi connectivity index (χ0) is 30.7. The summed E-state index contributed by atoms with van der Waals surface area (Å²) < 4.78 is 0. The zero-order valence-corrected chi connectivity index (χ0v) is 26.5. The Bertz CT molecular complexity index is 1690. The molecule has 6 bridgehead atoms. The summed E-state index contributed by atoms with van der Waals surface area (Å²) in [5.41, 5.74) is 10.7. The lowest BCUT2D eigenvalue weighted by atomic mass is 10.0. The maximum atomic E-state index is 11.5. The number of aromatic nitrogens is 3. The van der Waals surface area contributed by atoms with Gasteiger partial charge in [0.25, 0.3) is 0 Å². The van der Waals surface area contributed by atoms with Crippen LogP contribution >= 0.6 is 25.3 Å². The molecule has 0 unspecified atom stereocenters. The van der Waals surface area contributed by atoms with Gasteiger partial charge in [-0.3, -0.25) is 9.59 Å². The quantitative estimate of drug-likeness (QED) is 0.154. The summed E-state index contributed by atoms with van der Waals surface area (Å²) >= 11 is 9.59. The van der Waals surface area contributed by atoms with Crippen molar-refractivity contribution in [3.63, 3.8) is 0 Å². The van der Waals surface area contributed by atoms with Crippen molar-refractivity contribution in [1.29, 1.82) is 0 Å². The van der Waals surface area contributed by atoms with Gasteiger partial charge in [-0.05, 0) is 112 Å². The molecule has 10 heteroatoms. The van der Waals surface area contributed by atoms with Gasteiger partial charge in [-0.1, -0.05) is 0 Å². The molecular formula is C32H40N4O4S2. The highest BCUT2D eigenvalue weighted by Gasteiger charge is 2.18. The number of thiol groups is 2. The Morgan fingerprint density at radius 2 is 1.38 bits per heavy atom. The SMILES string of the molecule is Cc1c2[nH]c(c1CCC(=O)O)/C=C(/CCCC(=O)O)N/C=C\c1[nH]c(c([C@H](C)S)c1C)/C=c1\[nH]/c(c([C@H](C)S)c1C)=C\2. The van der Waals surface area contributed by atoms with Gasteiger partial charge in [0.15, 0.2) is 0 Å². The van der Waals surface area contributed by atoms with Gasteiger partial charge in [-0.15, -0.1) is 0 Å². The van der Waals surface area contributed by atoms with Gasteiger partial charge in [0.2, 0.25) is 0 Å². The Labute approximate surface area is 256 Å². The number of hydrogen-bond donors (Lipinski definition) is 8. The van der Waals surface area contributed by atoms with E-state index in [1.807, 2.05) is 25.3 Å². The maximum Gasteiger partial charge on any atom is 0.303 e. The molecule has 0 amide bonds. The lowest BCUT2D eigenvalue weighted by Crippen LogP contribution is -2.13. The van der Waals surface area contributed by atoms with Crippen LogP contribution in [0.15, 0.2) is 11.9 Å². The fraction of sp³-hybridized carbons (Fsp3) is 0.375. The molecule has 1 aliphatic rings. The van der Waals surface area contributed by atoms with Crippen LogP contribution in [0.1, 0.15) is 106 Å². The maximum absolute atomic E-state index is 11.5. The minimum Gasteiger partial charge on any atom is -0.481 e. The summed E-state index contributed by atoms with van der Waals surface area (Å²) in [6.07, 6.45) is 11.4. The van der Waals surface area contributed by atoms with E-state index in [0.717, 1.165) is 72.6 Å². The van der Waals surface area contributed by atoms with E-state index in [0.29, 0.717) is 19.3 Å². The average molecular weight is 609 g/mol. The summed E-state index contributed by atoms with van der Waals surface area (Å²) in [6.45, 7) is 10.3. The molecule has 0 saturated carbocycles. The highest BCUT2D eigenvalue weighted by atomic mass is 32.1. The van der Waals surface area contributed by atoms with Crippen molar-refractivity contribution in [3.8, 4) is 0 Å². The van der Waals surface area contributed by atoms with Crippen LogP contribution in [-0.2, 0) is 16.0 Å². The van der Waals surface area contributed by atoms with Crippen molar-refractivity contribution < 1.29 is 19.8 Å². The number of rotatable bonds is 9. The molecule has 6 N–H and O–H groups in total. The molecule has 0 radical (unpaired) electrons. The van der Waals surface area contributed by atoms with Gasteiger partial charge in [0.05, 0.1) is 0 Å². The number of fused-ring (bicyclic) bond motifs is 6. The van der Waals surface area contributed by atoms with Crippen LogP contribution in [0.25, 0.3) is 24.3 Å². The van der Waals surface area contributed by atoms with Crippen molar-refractivity contribution in [2.24, 2.45) is 0 Å². The molecule has 2 atom stereocenters. The van der Waals surface area contributed by atoms with E-state index >= 15 is 0 Å². The molecule has 0 saturated heterocycles. The summed E-state index contributed by atoms with van der Waals surface area (Å²) in [6, 6.07) is 0. The fourth-order valence-corrected chi connectivity index (χ4v) is 6.40. The third-order valence-corrected chi connectivity index (χ3v) is 8.38. The lowest BCUT2D eigenvalue weighted by molar-refractivity contribution is -0.138. The van der Waals surface area contributed by atoms with Crippen molar-refractivity contribution in [3.05, 3.63) is 78.8 Å². The first kappa shape index (κ1) is 31.4. The Morgan fingerprint density at radius 1 is 0.738 bits per heavy atom. The van der Waals surface area contributed by atoms with Crippen molar-refractivity contribution in [2.45, 2.75) is 77.2 Å². The van der Waals surface area contributed by atoms with E-state index in [4.69, 9.17) is 25.3 Å². The van der Waals surface area contributed by atoms with Crippen molar-refractivity contribution in [2.75, 3.05) is 0 Å². The Balaban J connectivity index is 2.02. The number of aliphatic carboxylic acids is 2. The first-order valence-corrected chi connectivity index (χ1v) is 15.2. The molecule has 0 aliphatic carbocycles. The highest BCUT2D eigenvalue weighted by Crippen LogP contribution is 2.31. The molecule has 42 heavy (non-hydrogen) atoms. The van der Waals surface area contributed by atoms with E-state index in [2.05, 4.69) is 60.1 Å². The molecule has 4 rings (SSSR count). The second kappa shape index (κ2) is 13.2. The molecule has 0 aromatic carbocycles. The van der Waals surface area contributed by atoms with Gasteiger partial charge in [0, 0.05) is 68.7 Å². The Hall–Kier alpha value is -3.50. The van der Waals surface area contributed by atoms with E-state index < -0.39 is 11.9 Å². The summed E-state index contributed by atoms with van der Waals surface area (Å²) in [5.74, 6) is -1.71. The van der Waals surface area contributed by atoms with E-state index in [9.17, 15) is 19.8 Å². The Kier molecular flexibility index (Phi) is 9.89. The van der Waals surface area contributed by atoms with Crippen LogP contribution in [0.4, 0.5) is 0 Å². The minimum absolute atomic E-state index is 0.000403. The molecule has 0 spiro atoms. The molecular weight excluding hydrogens is 569 g/mol. The number of aromatic amines is 3. The number of hydrogen-bond acceptors (Lipinski definition) is 5. The van der Waals surface area contributed by atoms with Gasteiger partial charge < -0.3 is 30.5 Å². The first-order chi connectivity index (χ1) is 19.9. The predicted octanol–water partition coefficient (Wildman–Crippen LogP) is 5.42. The molecule has 4 heterocycles. The van der Waals surface area contributed by atoms with E-state index in [-0.39, 0.29) is 23.3 Å². The van der Waals surface area contributed by atoms with Gasteiger partial charge in [0.1, 0.15) is 0 Å². The van der Waals surface area contributed by atoms with Gasteiger partial charge in [-0.25, -0.2) is 0 Å². The van der Waals surface area contributed by atoms with Crippen LogP contribution in [0.5, 0.6) is 0 Å². The topological polar surface area (TPSA) is 134 Å². The summed E-state index contributed by atoms with van der Waals surface area (Å²) in [4.78, 5) is 33.4. The number of allylic oxidation sites excluding steroid dienone is 1. The first-order valence-electron chi connectivity index (χ1n) is 14.2. The van der Waals surface area contributed by atoms with Crippen LogP contribution < -0.4 is 16.0 Å².